The second-order valence-electron chi connectivity index (χ2n) is 3.67. The smallest absolute Gasteiger partial charge is 0.250 e. The third-order valence-electron chi connectivity index (χ3n) is 2.73. The van der Waals surface area contributed by atoms with Crippen LogP contribution >= 0.6 is 11.6 Å². The molecule has 0 spiro atoms. The number of morpholine rings is 1. The Morgan fingerprint density at radius 3 is 3.31 bits per heavy atom. The number of anilines is 2. The van der Waals surface area contributed by atoms with Gasteiger partial charge in [-0.15, -0.1) is 10.2 Å². The van der Waals surface area contributed by atoms with E-state index in [1.807, 2.05) is 4.90 Å². The molecular formula is C9H9ClN4O2. The number of nitrogens with one attached hydrogen (secondary N) is 1. The number of aromatic nitrogens is 2. The molecule has 1 fully saturated rings. The van der Waals surface area contributed by atoms with Gasteiger partial charge in [-0.25, -0.2) is 0 Å². The van der Waals surface area contributed by atoms with Crippen LogP contribution in [0.3, 0.4) is 0 Å². The molecule has 1 N–H and O–H groups in total. The molecule has 7 heteroatoms. The highest BCUT2D eigenvalue weighted by Gasteiger charge is 2.36. The van der Waals surface area contributed by atoms with Crippen molar-refractivity contribution in [3.05, 3.63) is 11.2 Å². The van der Waals surface area contributed by atoms with E-state index in [9.17, 15) is 4.79 Å². The predicted molar refractivity (Wildman–Crippen MR) is 57.6 cm³/mol. The number of ether oxygens (including phenoxy) is 1. The molecule has 6 nitrogen and oxygen atoms in total. The summed E-state index contributed by atoms with van der Waals surface area (Å²) < 4.78 is 5.28. The van der Waals surface area contributed by atoms with E-state index in [0.29, 0.717) is 30.7 Å². The van der Waals surface area contributed by atoms with Crippen molar-refractivity contribution in [3.63, 3.8) is 0 Å². The Hall–Kier alpha value is -1.40. The summed E-state index contributed by atoms with van der Waals surface area (Å²) in [5.41, 5.74) is 0.813. The maximum Gasteiger partial charge on any atom is 0.250 e. The van der Waals surface area contributed by atoms with Crippen molar-refractivity contribution in [3.8, 4) is 0 Å². The van der Waals surface area contributed by atoms with Crippen LogP contribution in [-0.4, -0.2) is 41.9 Å². The van der Waals surface area contributed by atoms with Crippen molar-refractivity contribution in [1.29, 1.82) is 0 Å². The summed E-state index contributed by atoms with van der Waals surface area (Å²) in [6.45, 7) is 1.65. The van der Waals surface area contributed by atoms with Crippen LogP contribution in [0, 0.1) is 0 Å². The third-order valence-corrected chi connectivity index (χ3v) is 2.91. The molecule has 2 aliphatic heterocycles. The molecule has 3 heterocycles. The Morgan fingerprint density at radius 2 is 2.44 bits per heavy atom. The van der Waals surface area contributed by atoms with E-state index in [-0.39, 0.29) is 11.9 Å². The lowest BCUT2D eigenvalue weighted by molar-refractivity contribution is -0.120. The van der Waals surface area contributed by atoms with E-state index >= 15 is 0 Å². The van der Waals surface area contributed by atoms with Gasteiger partial charge in [-0.05, 0) is 0 Å². The van der Waals surface area contributed by atoms with Gasteiger partial charge in [0.1, 0.15) is 6.04 Å². The molecule has 3 rings (SSSR count). The van der Waals surface area contributed by atoms with Gasteiger partial charge >= 0.3 is 0 Å². The van der Waals surface area contributed by atoms with Gasteiger partial charge in [0.25, 0.3) is 5.91 Å². The lowest BCUT2D eigenvalue weighted by Crippen LogP contribution is -2.55. The van der Waals surface area contributed by atoms with Gasteiger partial charge in [-0.3, -0.25) is 4.79 Å². The minimum Gasteiger partial charge on any atom is -0.377 e. The Bertz CT molecular complexity index is 453. The number of rotatable bonds is 0. The Balaban J connectivity index is 2.07. The number of carbonyl (C=O) groups is 1. The van der Waals surface area contributed by atoms with E-state index in [1.165, 1.54) is 0 Å². The van der Waals surface area contributed by atoms with Crippen LogP contribution in [0.1, 0.15) is 0 Å². The van der Waals surface area contributed by atoms with Crippen molar-refractivity contribution in [2.75, 3.05) is 30.0 Å². The van der Waals surface area contributed by atoms with Crippen LogP contribution < -0.4 is 10.2 Å². The largest absolute Gasteiger partial charge is 0.377 e. The monoisotopic (exact) mass is 240 g/mol. The molecule has 0 saturated carbocycles. The number of hydrogen-bond acceptors (Lipinski definition) is 5. The van der Waals surface area contributed by atoms with E-state index in [2.05, 4.69) is 15.5 Å². The highest BCUT2D eigenvalue weighted by molar-refractivity contribution is 6.29. The van der Waals surface area contributed by atoms with E-state index in [1.54, 1.807) is 6.07 Å². The Labute approximate surface area is 96.5 Å². The minimum atomic E-state index is -0.290. The zero-order valence-corrected chi connectivity index (χ0v) is 9.07. The van der Waals surface area contributed by atoms with Gasteiger partial charge in [0, 0.05) is 12.6 Å². The molecule has 1 amide bonds. The fraction of sp³-hybridized carbons (Fsp3) is 0.444. The molecule has 2 aliphatic rings. The van der Waals surface area contributed by atoms with Gasteiger partial charge in [0.2, 0.25) is 0 Å². The molecule has 0 radical (unpaired) electrons. The van der Waals surface area contributed by atoms with Gasteiger partial charge in [0.05, 0.1) is 18.9 Å². The van der Waals surface area contributed by atoms with Gasteiger partial charge in [-0.2, -0.15) is 0 Å². The molecule has 0 aliphatic carbocycles. The number of amides is 1. The second kappa shape index (κ2) is 3.57. The molecule has 16 heavy (non-hydrogen) atoms. The number of nitrogens with zero attached hydrogens (tertiary/aromatic N) is 3. The normalized spacial score (nSPS) is 23.4. The molecule has 84 valence electrons. The summed E-state index contributed by atoms with van der Waals surface area (Å²) in [5.74, 6) is 0.358. The zero-order chi connectivity index (χ0) is 11.1. The molecule has 1 atom stereocenters. The maximum absolute atomic E-state index is 11.7. The predicted octanol–water partition coefficient (Wildman–Crippen LogP) is 0.287. The first kappa shape index (κ1) is 9.80. The summed E-state index contributed by atoms with van der Waals surface area (Å²) in [4.78, 5) is 13.7. The first-order valence-electron chi connectivity index (χ1n) is 4.94. The topological polar surface area (TPSA) is 67.4 Å². The van der Waals surface area contributed by atoms with Crippen LogP contribution in [0.2, 0.25) is 5.15 Å². The standard InChI is InChI=1S/C9H9ClN4O2/c10-7-3-5-8(13-12-7)11-9(15)6-4-16-2-1-14(5)6/h3,6H,1-2,4H2,(H,11,13,15). The Morgan fingerprint density at radius 1 is 1.56 bits per heavy atom. The lowest BCUT2D eigenvalue weighted by atomic mass is 10.1. The molecule has 1 unspecified atom stereocenters. The van der Waals surface area contributed by atoms with Crippen molar-refractivity contribution >= 4 is 29.0 Å². The van der Waals surface area contributed by atoms with E-state index < -0.39 is 0 Å². The van der Waals surface area contributed by atoms with E-state index in [4.69, 9.17) is 16.3 Å². The van der Waals surface area contributed by atoms with Crippen LogP contribution in [0.4, 0.5) is 11.5 Å². The Kier molecular flexibility index (Phi) is 2.19. The van der Waals surface area contributed by atoms with E-state index in [0.717, 1.165) is 5.69 Å². The van der Waals surface area contributed by atoms with Crippen LogP contribution in [-0.2, 0) is 9.53 Å². The molecular weight excluding hydrogens is 232 g/mol. The first-order valence-corrected chi connectivity index (χ1v) is 5.32. The fourth-order valence-corrected chi connectivity index (χ4v) is 2.12. The van der Waals surface area contributed by atoms with Crippen molar-refractivity contribution in [2.24, 2.45) is 0 Å². The maximum atomic E-state index is 11.7. The fourth-order valence-electron chi connectivity index (χ4n) is 1.98. The molecule has 0 bridgehead atoms. The van der Waals surface area contributed by atoms with Crippen molar-refractivity contribution in [2.45, 2.75) is 6.04 Å². The second-order valence-corrected chi connectivity index (χ2v) is 4.06. The van der Waals surface area contributed by atoms with Gasteiger partial charge in [0.15, 0.2) is 11.0 Å². The third kappa shape index (κ3) is 1.42. The van der Waals surface area contributed by atoms with Crippen LogP contribution in [0.5, 0.6) is 0 Å². The lowest BCUT2D eigenvalue weighted by Gasteiger charge is -2.39. The average molecular weight is 241 g/mol. The molecule has 1 saturated heterocycles. The SMILES string of the molecule is O=C1Nc2nnc(Cl)cc2N2CCOCC12. The number of carbonyl (C=O) groups excluding carboxylic acids is 1. The zero-order valence-electron chi connectivity index (χ0n) is 8.31. The summed E-state index contributed by atoms with van der Waals surface area (Å²) >= 11 is 5.80. The van der Waals surface area contributed by atoms with Crippen LogP contribution in [0.25, 0.3) is 0 Å². The van der Waals surface area contributed by atoms with Crippen molar-refractivity contribution in [1.82, 2.24) is 10.2 Å². The average Bonchev–Trinajstić information content (AvgIpc) is 2.31. The highest BCUT2D eigenvalue weighted by Crippen LogP contribution is 2.32. The summed E-state index contributed by atoms with van der Waals surface area (Å²) in [7, 11) is 0. The number of fused-ring (bicyclic) bond motifs is 3. The molecule has 1 aromatic rings. The minimum absolute atomic E-state index is 0.108. The van der Waals surface area contributed by atoms with Gasteiger partial charge in [-0.1, -0.05) is 11.6 Å². The summed E-state index contributed by atoms with van der Waals surface area (Å²) in [6.07, 6.45) is 0. The van der Waals surface area contributed by atoms with Crippen molar-refractivity contribution < 1.29 is 9.53 Å². The van der Waals surface area contributed by atoms with Crippen LogP contribution in [0.15, 0.2) is 6.07 Å². The number of halogens is 1. The molecule has 1 aromatic heterocycles. The highest BCUT2D eigenvalue weighted by atomic mass is 35.5. The summed E-state index contributed by atoms with van der Waals surface area (Å²) in [6, 6.07) is 1.42. The quantitative estimate of drug-likeness (QED) is 0.706. The summed E-state index contributed by atoms with van der Waals surface area (Å²) in [5, 5.41) is 10.6. The first-order chi connectivity index (χ1) is 7.75. The van der Waals surface area contributed by atoms with Gasteiger partial charge < -0.3 is 15.0 Å². The molecule has 0 aromatic carbocycles. The number of hydrogen-bond donors (Lipinski definition) is 1.